The molecule has 1 aromatic carbocycles. The molecule has 8 heteroatoms. The van der Waals surface area contributed by atoms with Gasteiger partial charge in [-0.15, -0.1) is 0 Å². The third-order valence-electron chi connectivity index (χ3n) is 7.14. The number of likely N-dealkylation sites (tertiary alicyclic amines) is 1. The molecule has 0 unspecified atom stereocenters. The first kappa shape index (κ1) is 22.7. The summed E-state index contributed by atoms with van der Waals surface area (Å²) >= 11 is 0. The van der Waals surface area contributed by atoms with Gasteiger partial charge in [-0.25, -0.2) is 4.79 Å². The second-order valence-electron chi connectivity index (χ2n) is 9.51. The number of pyridine rings is 1. The Morgan fingerprint density at radius 3 is 2.76 bits per heavy atom. The van der Waals surface area contributed by atoms with E-state index < -0.39 is 11.5 Å². The summed E-state index contributed by atoms with van der Waals surface area (Å²) in [5.74, 6) is 0.299. The summed E-state index contributed by atoms with van der Waals surface area (Å²) < 4.78 is 12.0. The predicted octanol–water partition coefficient (Wildman–Crippen LogP) is 4.00. The summed E-state index contributed by atoms with van der Waals surface area (Å²) in [5, 5.41) is 10.4. The Hall–Kier alpha value is -3.10. The number of aryl methyl sites for hydroxylation is 1. The maximum absolute atomic E-state index is 12.5. The molecule has 2 fully saturated rings. The first-order chi connectivity index (χ1) is 16.4. The molecule has 3 heterocycles. The zero-order valence-electron chi connectivity index (χ0n) is 19.6. The van der Waals surface area contributed by atoms with Crippen molar-refractivity contribution in [2.24, 2.45) is 5.92 Å². The Bertz CT molecular complexity index is 1260. The second-order valence-corrected chi connectivity index (χ2v) is 9.51. The normalized spacial score (nSPS) is 21.1. The monoisotopic (exact) mass is 465 g/mol. The fourth-order valence-electron chi connectivity index (χ4n) is 5.04. The molecule has 0 radical (unpaired) electrons. The number of rotatable bonds is 8. The standard InChI is InChI=1S/C26H31N3O5/c1-15-11-23(33-2)20(18-7-9-27-24(15)18)13-29-10-8-17(34-14-16-3-4-16)12-22(29)21-6-5-19(26(31)32)25(30)28-21/h5-7,9,11,16-17,22,27H,3-4,8,10,12-14H2,1-2H3,(H,28,30)(H,31,32)/t17-,22-/m1/s1. The molecule has 180 valence electrons. The average molecular weight is 466 g/mol. The van der Waals surface area contributed by atoms with E-state index in [0.29, 0.717) is 18.2 Å². The number of fused-ring (bicyclic) bond motifs is 1. The average Bonchev–Trinajstić information content (AvgIpc) is 3.52. The lowest BCUT2D eigenvalue weighted by molar-refractivity contribution is -0.0238. The van der Waals surface area contributed by atoms with Gasteiger partial charge in [0.2, 0.25) is 0 Å². The van der Waals surface area contributed by atoms with Gasteiger partial charge in [0.1, 0.15) is 11.3 Å². The predicted molar refractivity (Wildman–Crippen MR) is 128 cm³/mol. The Kier molecular flexibility index (Phi) is 6.18. The Labute approximate surface area is 197 Å². The number of carboxylic acids is 1. The number of nitrogens with zero attached hydrogens (tertiary/aromatic N) is 1. The molecule has 0 amide bonds. The van der Waals surface area contributed by atoms with Crippen LogP contribution in [0, 0.1) is 12.8 Å². The molecule has 2 aliphatic rings. The van der Waals surface area contributed by atoms with Gasteiger partial charge in [0.05, 0.1) is 19.3 Å². The highest BCUT2D eigenvalue weighted by Gasteiger charge is 2.33. The van der Waals surface area contributed by atoms with Crippen LogP contribution in [0.25, 0.3) is 10.9 Å². The van der Waals surface area contributed by atoms with Gasteiger partial charge in [0, 0.05) is 48.1 Å². The molecular formula is C26H31N3O5. The highest BCUT2D eigenvalue weighted by molar-refractivity contribution is 5.88. The van der Waals surface area contributed by atoms with Crippen LogP contribution >= 0.6 is 0 Å². The van der Waals surface area contributed by atoms with Crippen molar-refractivity contribution in [2.75, 3.05) is 20.3 Å². The van der Waals surface area contributed by atoms with E-state index in [-0.39, 0.29) is 17.7 Å². The van der Waals surface area contributed by atoms with Gasteiger partial charge in [-0.1, -0.05) is 0 Å². The van der Waals surface area contributed by atoms with Gasteiger partial charge in [-0.3, -0.25) is 9.69 Å². The Morgan fingerprint density at radius 1 is 1.24 bits per heavy atom. The number of methoxy groups -OCH3 is 1. The number of nitrogens with one attached hydrogen (secondary N) is 2. The Morgan fingerprint density at radius 2 is 2.06 bits per heavy atom. The van der Waals surface area contributed by atoms with Crippen LogP contribution in [0.3, 0.4) is 0 Å². The molecule has 0 spiro atoms. The van der Waals surface area contributed by atoms with Gasteiger partial charge in [0.25, 0.3) is 5.56 Å². The van der Waals surface area contributed by atoms with Crippen LogP contribution in [0.5, 0.6) is 5.75 Å². The molecular weight excluding hydrogens is 434 g/mol. The largest absolute Gasteiger partial charge is 0.496 e. The van der Waals surface area contributed by atoms with E-state index in [1.807, 2.05) is 6.20 Å². The molecule has 3 aromatic rings. The molecule has 34 heavy (non-hydrogen) atoms. The highest BCUT2D eigenvalue weighted by Crippen LogP contribution is 2.38. The number of hydrogen-bond acceptors (Lipinski definition) is 5. The molecule has 1 aliphatic heterocycles. The number of benzene rings is 1. The van der Waals surface area contributed by atoms with Crippen molar-refractivity contribution < 1.29 is 19.4 Å². The zero-order valence-corrected chi connectivity index (χ0v) is 19.6. The van der Waals surface area contributed by atoms with Crippen LogP contribution in [-0.4, -0.2) is 52.3 Å². The van der Waals surface area contributed by atoms with E-state index in [0.717, 1.165) is 53.8 Å². The van der Waals surface area contributed by atoms with Gasteiger partial charge in [-0.2, -0.15) is 0 Å². The number of piperidine rings is 1. The first-order valence-electron chi connectivity index (χ1n) is 11.9. The maximum atomic E-state index is 12.5. The van der Waals surface area contributed by atoms with Crippen molar-refractivity contribution in [1.29, 1.82) is 0 Å². The maximum Gasteiger partial charge on any atom is 0.341 e. The lowest BCUT2D eigenvalue weighted by Crippen LogP contribution is -2.40. The molecule has 1 saturated carbocycles. The quantitative estimate of drug-likeness (QED) is 0.464. The fraction of sp³-hybridized carbons (Fsp3) is 0.462. The topological polar surface area (TPSA) is 108 Å². The van der Waals surface area contributed by atoms with Crippen LogP contribution in [0.15, 0.2) is 35.3 Å². The summed E-state index contributed by atoms with van der Waals surface area (Å²) in [6.07, 6.45) is 6.18. The van der Waals surface area contributed by atoms with Crippen LogP contribution < -0.4 is 10.3 Å². The number of carbonyl (C=O) groups is 1. The minimum absolute atomic E-state index is 0.103. The number of aromatic carboxylic acids is 1. The van der Waals surface area contributed by atoms with Crippen molar-refractivity contribution in [1.82, 2.24) is 14.9 Å². The minimum Gasteiger partial charge on any atom is -0.496 e. The van der Waals surface area contributed by atoms with Gasteiger partial charge in [0.15, 0.2) is 0 Å². The van der Waals surface area contributed by atoms with Crippen molar-refractivity contribution in [3.05, 3.63) is 63.2 Å². The number of H-pyrrole nitrogens is 2. The van der Waals surface area contributed by atoms with Crippen molar-refractivity contribution in [3.8, 4) is 5.75 Å². The SMILES string of the molecule is COc1cc(C)c2[nH]ccc2c1CN1CC[C@@H](OCC2CC2)C[C@@H]1c1ccc(C(=O)O)c(=O)[nH]1. The summed E-state index contributed by atoms with van der Waals surface area (Å²) in [5.41, 5.74) is 3.20. The lowest BCUT2D eigenvalue weighted by atomic mass is 9.94. The molecule has 2 aromatic heterocycles. The summed E-state index contributed by atoms with van der Waals surface area (Å²) in [6, 6.07) is 7.15. The summed E-state index contributed by atoms with van der Waals surface area (Å²) in [4.78, 5) is 32.3. The number of carboxylic acid groups (broad SMARTS) is 1. The molecule has 1 aliphatic carbocycles. The number of aromatic amines is 2. The van der Waals surface area contributed by atoms with E-state index in [1.54, 1.807) is 13.2 Å². The minimum atomic E-state index is -1.22. The smallest absolute Gasteiger partial charge is 0.341 e. The molecule has 0 bridgehead atoms. The summed E-state index contributed by atoms with van der Waals surface area (Å²) in [7, 11) is 1.69. The molecule has 8 nitrogen and oxygen atoms in total. The van der Waals surface area contributed by atoms with Crippen molar-refractivity contribution in [2.45, 2.75) is 51.3 Å². The van der Waals surface area contributed by atoms with Gasteiger partial charge < -0.3 is 24.5 Å². The van der Waals surface area contributed by atoms with Crippen LogP contribution in [-0.2, 0) is 11.3 Å². The van der Waals surface area contributed by atoms with E-state index >= 15 is 0 Å². The highest BCUT2D eigenvalue weighted by atomic mass is 16.5. The van der Waals surface area contributed by atoms with E-state index in [9.17, 15) is 14.7 Å². The molecule has 5 rings (SSSR count). The van der Waals surface area contributed by atoms with Crippen LogP contribution in [0.4, 0.5) is 0 Å². The number of ether oxygens (including phenoxy) is 2. The number of aromatic nitrogens is 2. The fourth-order valence-corrected chi connectivity index (χ4v) is 5.04. The third-order valence-corrected chi connectivity index (χ3v) is 7.14. The number of hydrogen-bond donors (Lipinski definition) is 3. The molecule has 1 saturated heterocycles. The van der Waals surface area contributed by atoms with Crippen molar-refractivity contribution >= 4 is 16.9 Å². The molecule has 3 N–H and O–H groups in total. The third kappa shape index (κ3) is 4.48. The van der Waals surface area contributed by atoms with Crippen LogP contribution in [0.2, 0.25) is 0 Å². The van der Waals surface area contributed by atoms with Gasteiger partial charge in [-0.05, 0) is 68.4 Å². The van der Waals surface area contributed by atoms with Crippen LogP contribution in [0.1, 0.15) is 58.9 Å². The summed E-state index contributed by atoms with van der Waals surface area (Å²) in [6.45, 7) is 4.29. The van der Waals surface area contributed by atoms with E-state index in [1.165, 1.54) is 18.9 Å². The van der Waals surface area contributed by atoms with E-state index in [4.69, 9.17) is 9.47 Å². The molecule has 2 atom stereocenters. The lowest BCUT2D eigenvalue weighted by Gasteiger charge is -2.39. The Balaban J connectivity index is 1.47. The second kappa shape index (κ2) is 9.27. The van der Waals surface area contributed by atoms with E-state index in [2.05, 4.69) is 33.9 Å². The van der Waals surface area contributed by atoms with Gasteiger partial charge >= 0.3 is 5.97 Å². The zero-order chi connectivity index (χ0) is 23.8. The van der Waals surface area contributed by atoms with Crippen molar-refractivity contribution in [3.63, 3.8) is 0 Å². The first-order valence-corrected chi connectivity index (χ1v) is 11.9.